The SMILES string of the molecule is CN1CCC(N[C@@H]2C[C@H]2c2ccc(C(N)=O)c(-c3ccccc3)c2C(F)(F)F)CC1.Cl.Cl. The molecule has 0 radical (unpaired) electrons. The standard InChI is InChI=1S/C23H26F3N3O.2ClH/c1-29-11-9-15(10-12-29)28-19-13-18(19)16-7-8-17(22(27)30)20(21(16)23(24,25)26)14-5-3-2-4-6-14;;/h2-8,15,18-19,28H,9-13H2,1H3,(H2,27,30);2*1H/t18-,19+;;/m0../s1. The quantitative estimate of drug-likeness (QED) is 0.630. The van der Waals surface area contributed by atoms with E-state index in [1.807, 2.05) is 0 Å². The molecule has 0 spiro atoms. The molecular formula is C23H28Cl2F3N3O. The fourth-order valence-corrected chi connectivity index (χ4v) is 4.54. The molecule has 2 atom stereocenters. The predicted molar refractivity (Wildman–Crippen MR) is 125 cm³/mol. The van der Waals surface area contributed by atoms with Crippen LogP contribution in [0.4, 0.5) is 13.2 Å². The molecule has 2 aliphatic rings. The third-order valence-electron chi connectivity index (χ3n) is 6.21. The number of rotatable bonds is 5. The van der Waals surface area contributed by atoms with Crippen LogP contribution in [0.15, 0.2) is 42.5 Å². The first-order valence-corrected chi connectivity index (χ1v) is 10.3. The summed E-state index contributed by atoms with van der Waals surface area (Å²) in [6.45, 7) is 1.99. The third kappa shape index (κ3) is 5.57. The van der Waals surface area contributed by atoms with Gasteiger partial charge in [-0.25, -0.2) is 0 Å². The first-order valence-electron chi connectivity index (χ1n) is 10.3. The van der Waals surface area contributed by atoms with Crippen molar-refractivity contribution in [3.8, 4) is 11.1 Å². The monoisotopic (exact) mass is 489 g/mol. The number of primary amides is 1. The number of piperidine rings is 1. The first kappa shape index (κ1) is 26.5. The van der Waals surface area contributed by atoms with Crippen LogP contribution in [-0.4, -0.2) is 43.0 Å². The molecule has 9 heteroatoms. The van der Waals surface area contributed by atoms with Crippen molar-refractivity contribution in [2.45, 2.75) is 43.4 Å². The number of likely N-dealkylation sites (tertiary alicyclic amines) is 1. The summed E-state index contributed by atoms with van der Waals surface area (Å²) in [5.41, 5.74) is 5.09. The number of hydrogen-bond donors (Lipinski definition) is 2. The van der Waals surface area contributed by atoms with Crippen LogP contribution in [-0.2, 0) is 6.18 Å². The zero-order valence-electron chi connectivity index (χ0n) is 17.7. The molecule has 1 aliphatic carbocycles. The van der Waals surface area contributed by atoms with Crippen molar-refractivity contribution in [1.29, 1.82) is 0 Å². The normalized spacial score (nSPS) is 21.4. The molecule has 1 amide bonds. The van der Waals surface area contributed by atoms with Gasteiger partial charge < -0.3 is 16.0 Å². The number of nitrogens with one attached hydrogen (secondary N) is 1. The van der Waals surface area contributed by atoms with Gasteiger partial charge in [0.2, 0.25) is 5.91 Å². The van der Waals surface area contributed by atoms with E-state index in [9.17, 15) is 18.0 Å². The topological polar surface area (TPSA) is 58.4 Å². The zero-order valence-corrected chi connectivity index (χ0v) is 19.3. The summed E-state index contributed by atoms with van der Waals surface area (Å²) in [6.07, 6.45) is -1.92. The second-order valence-corrected chi connectivity index (χ2v) is 8.37. The van der Waals surface area contributed by atoms with Gasteiger partial charge in [0, 0.05) is 29.1 Å². The highest BCUT2D eigenvalue weighted by Crippen LogP contribution is 2.50. The van der Waals surface area contributed by atoms with E-state index >= 15 is 0 Å². The minimum absolute atomic E-state index is 0. The van der Waals surface area contributed by atoms with Crippen molar-refractivity contribution >= 4 is 30.7 Å². The maximum atomic E-state index is 14.3. The molecule has 1 saturated heterocycles. The Kier molecular flexibility index (Phi) is 8.62. The molecule has 32 heavy (non-hydrogen) atoms. The van der Waals surface area contributed by atoms with Crippen molar-refractivity contribution in [1.82, 2.24) is 10.2 Å². The van der Waals surface area contributed by atoms with Crippen LogP contribution in [0.1, 0.15) is 46.7 Å². The number of amides is 1. The number of hydrogen-bond acceptors (Lipinski definition) is 3. The molecule has 0 bridgehead atoms. The predicted octanol–water partition coefficient (Wildman–Crippen LogP) is 4.85. The molecule has 176 valence electrons. The lowest BCUT2D eigenvalue weighted by molar-refractivity contribution is -0.137. The highest BCUT2D eigenvalue weighted by molar-refractivity contribution is 6.01. The van der Waals surface area contributed by atoms with Crippen molar-refractivity contribution in [3.05, 3.63) is 59.2 Å². The van der Waals surface area contributed by atoms with Gasteiger partial charge in [-0.05, 0) is 56.6 Å². The first-order chi connectivity index (χ1) is 14.3. The Bertz CT molecular complexity index is 932. The number of carbonyl (C=O) groups is 1. The molecular weight excluding hydrogens is 462 g/mol. The smallest absolute Gasteiger partial charge is 0.366 e. The van der Waals surface area contributed by atoms with Crippen LogP contribution >= 0.6 is 24.8 Å². The molecule has 2 aromatic rings. The van der Waals surface area contributed by atoms with Gasteiger partial charge in [-0.15, -0.1) is 24.8 Å². The molecule has 1 aliphatic heterocycles. The van der Waals surface area contributed by atoms with Crippen LogP contribution in [0.5, 0.6) is 0 Å². The maximum Gasteiger partial charge on any atom is 0.417 e. The highest BCUT2D eigenvalue weighted by atomic mass is 35.5. The van der Waals surface area contributed by atoms with E-state index in [1.165, 1.54) is 12.1 Å². The van der Waals surface area contributed by atoms with Crippen LogP contribution in [0.2, 0.25) is 0 Å². The van der Waals surface area contributed by atoms with E-state index in [0.29, 0.717) is 18.0 Å². The Labute approximate surface area is 198 Å². The lowest BCUT2D eigenvalue weighted by atomic mass is 9.88. The van der Waals surface area contributed by atoms with Crippen molar-refractivity contribution in [2.75, 3.05) is 20.1 Å². The molecule has 0 unspecified atom stereocenters. The van der Waals surface area contributed by atoms with E-state index < -0.39 is 17.6 Å². The van der Waals surface area contributed by atoms with Crippen molar-refractivity contribution in [2.24, 2.45) is 5.73 Å². The number of nitrogens with zero attached hydrogens (tertiary/aromatic N) is 1. The molecule has 1 saturated carbocycles. The van der Waals surface area contributed by atoms with E-state index in [-0.39, 0.29) is 53.5 Å². The summed E-state index contributed by atoms with van der Waals surface area (Å²) in [7, 11) is 2.08. The van der Waals surface area contributed by atoms with Crippen LogP contribution in [0, 0.1) is 0 Å². The molecule has 2 aromatic carbocycles. The summed E-state index contributed by atoms with van der Waals surface area (Å²) in [5.74, 6) is -1.08. The van der Waals surface area contributed by atoms with Gasteiger partial charge in [0.1, 0.15) is 0 Å². The average Bonchev–Trinajstić information content (AvgIpc) is 3.47. The number of carbonyl (C=O) groups excluding carboxylic acids is 1. The van der Waals surface area contributed by atoms with Gasteiger partial charge in [0.05, 0.1) is 5.56 Å². The number of alkyl halides is 3. The minimum atomic E-state index is -4.59. The van der Waals surface area contributed by atoms with Crippen LogP contribution in [0.3, 0.4) is 0 Å². The summed E-state index contributed by atoms with van der Waals surface area (Å²) < 4.78 is 42.8. The van der Waals surface area contributed by atoms with Gasteiger partial charge in [-0.2, -0.15) is 13.2 Å². The fraction of sp³-hybridized carbons (Fsp3) is 0.435. The zero-order chi connectivity index (χ0) is 21.5. The minimum Gasteiger partial charge on any atom is -0.366 e. The van der Waals surface area contributed by atoms with Gasteiger partial charge in [-0.1, -0.05) is 36.4 Å². The van der Waals surface area contributed by atoms with E-state index in [4.69, 9.17) is 5.73 Å². The summed E-state index contributed by atoms with van der Waals surface area (Å²) >= 11 is 0. The van der Waals surface area contributed by atoms with E-state index in [0.717, 1.165) is 25.9 Å². The lowest BCUT2D eigenvalue weighted by Crippen LogP contribution is -2.42. The summed E-state index contributed by atoms with van der Waals surface area (Å²) in [6, 6.07) is 11.5. The Morgan fingerprint density at radius 3 is 2.25 bits per heavy atom. The van der Waals surface area contributed by atoms with Gasteiger partial charge in [0.15, 0.2) is 0 Å². The highest BCUT2D eigenvalue weighted by Gasteiger charge is 2.47. The van der Waals surface area contributed by atoms with Crippen LogP contribution < -0.4 is 11.1 Å². The van der Waals surface area contributed by atoms with E-state index in [1.54, 1.807) is 30.3 Å². The average molecular weight is 490 g/mol. The van der Waals surface area contributed by atoms with Crippen molar-refractivity contribution < 1.29 is 18.0 Å². The number of benzene rings is 2. The lowest BCUT2D eigenvalue weighted by Gasteiger charge is -2.30. The maximum absolute atomic E-state index is 14.3. The Morgan fingerprint density at radius 1 is 1.06 bits per heavy atom. The molecule has 4 nitrogen and oxygen atoms in total. The molecule has 4 rings (SSSR count). The molecule has 1 heterocycles. The third-order valence-corrected chi connectivity index (χ3v) is 6.21. The Balaban J connectivity index is 0.00000181. The van der Waals surface area contributed by atoms with E-state index in [2.05, 4.69) is 17.3 Å². The fourth-order valence-electron chi connectivity index (χ4n) is 4.54. The van der Waals surface area contributed by atoms with Gasteiger partial charge in [-0.3, -0.25) is 4.79 Å². The Hall–Kier alpha value is -1.80. The summed E-state index contributed by atoms with van der Waals surface area (Å²) in [4.78, 5) is 14.2. The van der Waals surface area contributed by atoms with Gasteiger partial charge in [0.25, 0.3) is 0 Å². The molecule has 0 aromatic heterocycles. The number of nitrogens with two attached hydrogens (primary N) is 1. The molecule has 2 fully saturated rings. The Morgan fingerprint density at radius 2 is 1.69 bits per heavy atom. The van der Waals surface area contributed by atoms with Gasteiger partial charge >= 0.3 is 6.18 Å². The molecule has 3 N–H and O–H groups in total. The van der Waals surface area contributed by atoms with Crippen molar-refractivity contribution in [3.63, 3.8) is 0 Å². The second kappa shape index (κ2) is 10.4. The van der Waals surface area contributed by atoms with Crippen LogP contribution in [0.25, 0.3) is 11.1 Å². The number of halogens is 5. The summed E-state index contributed by atoms with van der Waals surface area (Å²) in [5, 5.41) is 3.55. The second-order valence-electron chi connectivity index (χ2n) is 8.37. The largest absolute Gasteiger partial charge is 0.417 e.